The van der Waals surface area contributed by atoms with Gasteiger partial charge in [-0.3, -0.25) is 0 Å². The Labute approximate surface area is 88.9 Å². The van der Waals surface area contributed by atoms with E-state index in [4.69, 9.17) is 0 Å². The molecular formula is C8H9BrN4O. The second kappa shape index (κ2) is 2.99. The molecule has 2 heterocycles. The molecule has 0 unspecified atom stereocenters. The summed E-state index contributed by atoms with van der Waals surface area (Å²) in [5.41, 5.74) is -0.352. The fourth-order valence-electron chi connectivity index (χ4n) is 1.17. The van der Waals surface area contributed by atoms with Crippen LogP contribution >= 0.6 is 15.9 Å². The van der Waals surface area contributed by atoms with Crippen LogP contribution in [-0.2, 0) is 5.60 Å². The van der Waals surface area contributed by atoms with Crippen LogP contribution in [0.5, 0.6) is 0 Å². The molecule has 2 aromatic heterocycles. The van der Waals surface area contributed by atoms with E-state index in [0.29, 0.717) is 16.1 Å². The molecule has 0 radical (unpaired) electrons. The summed E-state index contributed by atoms with van der Waals surface area (Å²) in [6, 6.07) is 0. The number of hydrogen-bond donors (Lipinski definition) is 1. The fraction of sp³-hybridized carbons (Fsp3) is 0.375. The van der Waals surface area contributed by atoms with Crippen LogP contribution in [0, 0.1) is 0 Å². The number of rotatable bonds is 1. The van der Waals surface area contributed by atoms with Gasteiger partial charge in [-0.25, -0.2) is 9.97 Å². The first-order valence-corrected chi connectivity index (χ1v) is 4.87. The summed E-state index contributed by atoms with van der Waals surface area (Å²) in [6.07, 6.45) is 3.13. The van der Waals surface area contributed by atoms with Gasteiger partial charge in [0, 0.05) is 0 Å². The summed E-state index contributed by atoms with van der Waals surface area (Å²) in [6.45, 7) is 3.36. The summed E-state index contributed by atoms with van der Waals surface area (Å²) >= 11 is 3.20. The average molecular weight is 257 g/mol. The third kappa shape index (κ3) is 1.51. The van der Waals surface area contributed by atoms with Gasteiger partial charge in [0.15, 0.2) is 0 Å². The zero-order valence-electron chi connectivity index (χ0n) is 7.77. The van der Waals surface area contributed by atoms with Crippen molar-refractivity contribution in [2.24, 2.45) is 0 Å². The first kappa shape index (κ1) is 9.54. The molecule has 2 rings (SSSR count). The van der Waals surface area contributed by atoms with E-state index < -0.39 is 5.60 Å². The zero-order valence-corrected chi connectivity index (χ0v) is 9.35. The Hall–Kier alpha value is -1.01. The third-order valence-corrected chi connectivity index (χ3v) is 2.22. The van der Waals surface area contributed by atoms with E-state index in [2.05, 4.69) is 31.0 Å². The topological polar surface area (TPSA) is 63.3 Å². The fourth-order valence-corrected chi connectivity index (χ4v) is 1.42. The van der Waals surface area contributed by atoms with Gasteiger partial charge in [0.2, 0.25) is 0 Å². The van der Waals surface area contributed by atoms with Gasteiger partial charge >= 0.3 is 0 Å². The molecule has 1 N–H and O–H groups in total. The van der Waals surface area contributed by atoms with Gasteiger partial charge in [-0.2, -0.15) is 9.61 Å². The highest BCUT2D eigenvalue weighted by Gasteiger charge is 2.21. The second-order valence-corrected chi connectivity index (χ2v) is 4.31. The number of halogens is 1. The molecule has 0 aliphatic rings. The van der Waals surface area contributed by atoms with Gasteiger partial charge in [0.25, 0.3) is 5.78 Å². The second-order valence-electron chi connectivity index (χ2n) is 3.49. The Kier molecular flexibility index (Phi) is 2.04. The van der Waals surface area contributed by atoms with Crippen LogP contribution in [0.4, 0.5) is 0 Å². The maximum Gasteiger partial charge on any atom is 0.252 e. The molecule has 14 heavy (non-hydrogen) atoms. The normalized spacial score (nSPS) is 12.3. The molecule has 0 aliphatic heterocycles. The van der Waals surface area contributed by atoms with Crippen LogP contribution in [-0.4, -0.2) is 24.7 Å². The molecule has 0 atom stereocenters. The Morgan fingerprint density at radius 1 is 1.43 bits per heavy atom. The minimum Gasteiger partial charge on any atom is -0.384 e. The monoisotopic (exact) mass is 256 g/mol. The molecule has 6 heteroatoms. The Balaban J connectivity index is 2.70. The van der Waals surface area contributed by atoms with E-state index in [0.717, 1.165) is 0 Å². The van der Waals surface area contributed by atoms with E-state index in [1.165, 1.54) is 4.52 Å². The van der Waals surface area contributed by atoms with Crippen molar-refractivity contribution in [3.8, 4) is 0 Å². The van der Waals surface area contributed by atoms with Gasteiger partial charge < -0.3 is 5.11 Å². The zero-order chi connectivity index (χ0) is 10.3. The standard InChI is InChI=1S/C8H9BrN4O/c1-8(2,14)5-3-10-7-12-6(9)4-11-13(5)7/h3-4,14H,1-2H3. The van der Waals surface area contributed by atoms with E-state index in [1.54, 1.807) is 26.2 Å². The van der Waals surface area contributed by atoms with Gasteiger partial charge in [0.05, 0.1) is 18.1 Å². The van der Waals surface area contributed by atoms with Crippen LogP contribution in [0.15, 0.2) is 17.0 Å². The van der Waals surface area contributed by atoms with Gasteiger partial charge in [0.1, 0.15) is 10.2 Å². The lowest BCUT2D eigenvalue weighted by Gasteiger charge is -2.14. The maximum absolute atomic E-state index is 9.80. The van der Waals surface area contributed by atoms with Crippen LogP contribution in [0.25, 0.3) is 5.78 Å². The van der Waals surface area contributed by atoms with Crippen LogP contribution in [0.1, 0.15) is 19.5 Å². The minimum absolute atomic E-state index is 0.469. The molecule has 0 saturated heterocycles. The average Bonchev–Trinajstić information content (AvgIpc) is 2.45. The summed E-state index contributed by atoms with van der Waals surface area (Å²) in [7, 11) is 0. The van der Waals surface area contributed by atoms with E-state index in [1.807, 2.05) is 0 Å². The van der Waals surface area contributed by atoms with Crippen molar-refractivity contribution >= 4 is 21.7 Å². The molecule has 0 aromatic carbocycles. The van der Waals surface area contributed by atoms with E-state index in [9.17, 15) is 5.11 Å². The van der Waals surface area contributed by atoms with Crippen molar-refractivity contribution in [2.45, 2.75) is 19.4 Å². The quantitative estimate of drug-likeness (QED) is 0.831. The number of aliphatic hydroxyl groups is 1. The SMILES string of the molecule is CC(C)(O)c1cnc2nc(Br)cnn12. The van der Waals surface area contributed by atoms with Crippen molar-refractivity contribution in [1.82, 2.24) is 19.6 Å². The number of nitrogens with zero attached hydrogens (tertiary/aromatic N) is 4. The lowest BCUT2D eigenvalue weighted by molar-refractivity contribution is 0.0717. The Morgan fingerprint density at radius 3 is 2.79 bits per heavy atom. The first-order valence-electron chi connectivity index (χ1n) is 4.07. The van der Waals surface area contributed by atoms with Gasteiger partial charge in [-0.1, -0.05) is 0 Å². The van der Waals surface area contributed by atoms with E-state index in [-0.39, 0.29) is 0 Å². The van der Waals surface area contributed by atoms with Crippen molar-refractivity contribution < 1.29 is 5.11 Å². The Bertz CT molecular complexity index is 474. The molecule has 2 aromatic rings. The van der Waals surface area contributed by atoms with Crippen LogP contribution < -0.4 is 0 Å². The third-order valence-electron chi connectivity index (χ3n) is 1.83. The van der Waals surface area contributed by atoms with Gasteiger partial charge in [-0.15, -0.1) is 0 Å². The number of imidazole rings is 1. The molecule has 0 fully saturated rings. The van der Waals surface area contributed by atoms with Crippen LogP contribution in [0.3, 0.4) is 0 Å². The molecule has 0 amide bonds. The summed E-state index contributed by atoms with van der Waals surface area (Å²) in [4.78, 5) is 8.15. The molecule has 0 spiro atoms. The minimum atomic E-state index is -0.970. The molecule has 0 bridgehead atoms. The van der Waals surface area contributed by atoms with Crippen LogP contribution in [0.2, 0.25) is 0 Å². The van der Waals surface area contributed by atoms with Crippen molar-refractivity contribution in [3.63, 3.8) is 0 Å². The lowest BCUT2D eigenvalue weighted by atomic mass is 10.1. The van der Waals surface area contributed by atoms with Crippen molar-refractivity contribution in [1.29, 1.82) is 0 Å². The highest BCUT2D eigenvalue weighted by atomic mass is 79.9. The predicted octanol–water partition coefficient (Wildman–Crippen LogP) is 1.11. The van der Waals surface area contributed by atoms with Crippen molar-refractivity contribution in [3.05, 3.63) is 22.7 Å². The van der Waals surface area contributed by atoms with E-state index >= 15 is 0 Å². The molecular weight excluding hydrogens is 248 g/mol. The highest BCUT2D eigenvalue weighted by molar-refractivity contribution is 9.10. The number of hydrogen-bond acceptors (Lipinski definition) is 4. The first-order chi connectivity index (χ1) is 6.48. The summed E-state index contributed by atoms with van der Waals surface area (Å²) in [5.74, 6) is 0.469. The largest absolute Gasteiger partial charge is 0.384 e. The van der Waals surface area contributed by atoms with Gasteiger partial charge in [-0.05, 0) is 29.8 Å². The lowest BCUT2D eigenvalue weighted by Crippen LogP contribution is -2.19. The maximum atomic E-state index is 9.80. The number of aromatic nitrogens is 4. The summed E-state index contributed by atoms with van der Waals surface area (Å²) in [5, 5.41) is 13.9. The summed E-state index contributed by atoms with van der Waals surface area (Å²) < 4.78 is 2.14. The molecule has 5 nitrogen and oxygen atoms in total. The molecule has 0 aliphatic carbocycles. The molecule has 0 saturated carbocycles. The Morgan fingerprint density at radius 2 is 2.14 bits per heavy atom. The number of fused-ring (bicyclic) bond motifs is 1. The smallest absolute Gasteiger partial charge is 0.252 e. The highest BCUT2D eigenvalue weighted by Crippen LogP contribution is 2.19. The predicted molar refractivity (Wildman–Crippen MR) is 53.7 cm³/mol. The van der Waals surface area contributed by atoms with Crippen molar-refractivity contribution in [2.75, 3.05) is 0 Å². The molecule has 74 valence electrons.